The molecule has 0 spiro atoms. The van der Waals surface area contributed by atoms with Crippen LogP contribution in [0.25, 0.3) is 0 Å². The second-order valence-corrected chi connectivity index (χ2v) is 4.47. The number of rotatable bonds is 4. The number of pyridine rings is 1. The van der Waals surface area contributed by atoms with Crippen molar-refractivity contribution in [2.45, 2.75) is 6.92 Å². The molecular formula is C10H13N3O3S. The van der Waals surface area contributed by atoms with Crippen LogP contribution in [-0.2, 0) is 10.2 Å². The van der Waals surface area contributed by atoms with Crippen molar-refractivity contribution in [3.8, 4) is 11.8 Å². The van der Waals surface area contributed by atoms with Gasteiger partial charge >= 0.3 is 0 Å². The average Bonchev–Trinajstić information content (AvgIpc) is 2.26. The molecule has 17 heavy (non-hydrogen) atoms. The molecule has 0 fully saturated rings. The first-order chi connectivity index (χ1) is 8.07. The molecule has 1 aromatic rings. The van der Waals surface area contributed by atoms with Crippen LogP contribution in [0.4, 0.5) is 5.82 Å². The quantitative estimate of drug-likeness (QED) is 0.644. The summed E-state index contributed by atoms with van der Waals surface area (Å²) in [6, 6.07) is 4.75. The van der Waals surface area contributed by atoms with E-state index in [-0.39, 0.29) is 12.4 Å². The predicted octanol–water partition coefficient (Wildman–Crippen LogP) is -0.308. The first-order valence-electron chi connectivity index (χ1n) is 4.91. The Balaban J connectivity index is 2.86. The zero-order valence-corrected chi connectivity index (χ0v) is 10.1. The van der Waals surface area contributed by atoms with Crippen LogP contribution < -0.4 is 9.44 Å². The van der Waals surface area contributed by atoms with Crippen molar-refractivity contribution < 1.29 is 13.5 Å². The highest BCUT2D eigenvalue weighted by Gasteiger charge is 2.08. The van der Waals surface area contributed by atoms with E-state index in [1.807, 2.05) is 0 Å². The normalized spacial score (nSPS) is 10.5. The van der Waals surface area contributed by atoms with Crippen molar-refractivity contribution in [3.63, 3.8) is 0 Å². The van der Waals surface area contributed by atoms with Gasteiger partial charge in [-0.2, -0.15) is 13.1 Å². The minimum absolute atomic E-state index is 0.177. The van der Waals surface area contributed by atoms with Gasteiger partial charge in [-0.3, -0.25) is 4.72 Å². The van der Waals surface area contributed by atoms with Crippen LogP contribution in [0, 0.1) is 11.8 Å². The molecule has 3 N–H and O–H groups in total. The van der Waals surface area contributed by atoms with E-state index in [0.717, 1.165) is 0 Å². The van der Waals surface area contributed by atoms with Gasteiger partial charge in [0.15, 0.2) is 0 Å². The molecule has 0 aromatic carbocycles. The molecule has 0 atom stereocenters. The van der Waals surface area contributed by atoms with Crippen LogP contribution >= 0.6 is 0 Å². The number of aromatic nitrogens is 1. The smallest absolute Gasteiger partial charge is 0.300 e. The maximum atomic E-state index is 11.4. The molecule has 0 saturated heterocycles. The first kappa shape index (κ1) is 13.4. The maximum Gasteiger partial charge on any atom is 0.300 e. The molecule has 0 unspecified atom stereocenters. The zero-order chi connectivity index (χ0) is 12.7. The van der Waals surface area contributed by atoms with Crippen molar-refractivity contribution in [1.29, 1.82) is 0 Å². The van der Waals surface area contributed by atoms with Crippen LogP contribution in [0.1, 0.15) is 12.6 Å². The lowest BCUT2D eigenvalue weighted by Crippen LogP contribution is -2.30. The van der Waals surface area contributed by atoms with Gasteiger partial charge in [-0.25, -0.2) is 4.98 Å². The van der Waals surface area contributed by atoms with Crippen molar-refractivity contribution in [1.82, 2.24) is 9.71 Å². The summed E-state index contributed by atoms with van der Waals surface area (Å²) in [6.07, 6.45) is 0. The summed E-state index contributed by atoms with van der Waals surface area (Å²) in [6.45, 7) is 1.70. The Kier molecular flexibility index (Phi) is 4.90. The molecule has 7 heteroatoms. The van der Waals surface area contributed by atoms with Gasteiger partial charge in [-0.15, -0.1) is 0 Å². The van der Waals surface area contributed by atoms with Crippen LogP contribution in [0.2, 0.25) is 0 Å². The number of hydrogen-bond donors (Lipinski definition) is 3. The molecule has 0 saturated carbocycles. The molecule has 0 bridgehead atoms. The highest BCUT2D eigenvalue weighted by Crippen LogP contribution is 2.05. The Morgan fingerprint density at radius 2 is 2.24 bits per heavy atom. The minimum Gasteiger partial charge on any atom is -0.384 e. The lowest BCUT2D eigenvalue weighted by molar-refractivity contribution is 0.350. The van der Waals surface area contributed by atoms with Crippen LogP contribution in [-0.4, -0.2) is 31.7 Å². The summed E-state index contributed by atoms with van der Waals surface area (Å²) in [7, 11) is -3.58. The Morgan fingerprint density at radius 1 is 1.47 bits per heavy atom. The lowest BCUT2D eigenvalue weighted by Gasteiger charge is -2.06. The minimum atomic E-state index is -3.58. The fourth-order valence-corrected chi connectivity index (χ4v) is 1.90. The second kappa shape index (κ2) is 6.20. The highest BCUT2D eigenvalue weighted by atomic mass is 32.2. The molecule has 1 aromatic heterocycles. The summed E-state index contributed by atoms with van der Waals surface area (Å²) in [5.41, 5.74) is 0.385. The zero-order valence-electron chi connectivity index (χ0n) is 9.27. The van der Waals surface area contributed by atoms with Gasteiger partial charge in [0.25, 0.3) is 10.2 Å². The van der Waals surface area contributed by atoms with E-state index in [1.165, 1.54) is 6.07 Å². The third-order valence-electron chi connectivity index (χ3n) is 1.62. The standard InChI is InChI=1S/C10H13N3O3S/c1-2-11-17(15,16)13-10-7-3-5-9(12-10)6-4-8-14/h3,5,7,11,14H,2,8H2,1H3,(H,12,13). The van der Waals surface area contributed by atoms with Gasteiger partial charge < -0.3 is 5.11 Å². The number of anilines is 1. The molecule has 1 rings (SSSR count). The Hall–Kier alpha value is -1.62. The predicted molar refractivity (Wildman–Crippen MR) is 64.4 cm³/mol. The Labute approximate surface area is 100 Å². The van der Waals surface area contributed by atoms with Crippen molar-refractivity contribution in [3.05, 3.63) is 23.9 Å². The van der Waals surface area contributed by atoms with Gasteiger partial charge in [-0.05, 0) is 18.1 Å². The molecule has 92 valence electrons. The van der Waals surface area contributed by atoms with Crippen molar-refractivity contribution in [2.75, 3.05) is 17.9 Å². The SMILES string of the molecule is CCNS(=O)(=O)Nc1cccc(C#CCO)n1. The average molecular weight is 255 g/mol. The third kappa shape index (κ3) is 4.82. The number of aliphatic hydroxyl groups is 1. The fourth-order valence-electron chi connectivity index (χ4n) is 1.06. The summed E-state index contributed by atoms with van der Waals surface area (Å²) in [5, 5.41) is 8.53. The molecule has 0 aliphatic carbocycles. The summed E-state index contributed by atoms with van der Waals surface area (Å²) >= 11 is 0. The van der Waals surface area contributed by atoms with Crippen LogP contribution in [0.15, 0.2) is 18.2 Å². The van der Waals surface area contributed by atoms with Gasteiger partial charge in [0.2, 0.25) is 0 Å². The van der Waals surface area contributed by atoms with E-state index in [4.69, 9.17) is 5.11 Å². The monoisotopic (exact) mass is 255 g/mol. The molecule has 0 amide bonds. The van der Waals surface area contributed by atoms with Gasteiger partial charge in [0, 0.05) is 6.54 Å². The van der Waals surface area contributed by atoms with Gasteiger partial charge in [-0.1, -0.05) is 18.9 Å². The van der Waals surface area contributed by atoms with E-state index in [9.17, 15) is 8.42 Å². The second-order valence-electron chi connectivity index (χ2n) is 2.97. The van der Waals surface area contributed by atoms with Crippen LogP contribution in [0.3, 0.4) is 0 Å². The van der Waals surface area contributed by atoms with E-state index in [0.29, 0.717) is 12.2 Å². The molecule has 0 aliphatic rings. The third-order valence-corrected chi connectivity index (χ3v) is 2.76. The summed E-state index contributed by atoms with van der Waals surface area (Å²) in [5.74, 6) is 5.19. The van der Waals surface area contributed by atoms with Crippen molar-refractivity contribution >= 4 is 16.0 Å². The van der Waals surface area contributed by atoms with Crippen molar-refractivity contribution in [2.24, 2.45) is 0 Å². The topological polar surface area (TPSA) is 91.3 Å². The highest BCUT2D eigenvalue weighted by molar-refractivity contribution is 7.90. The van der Waals surface area contributed by atoms with E-state index >= 15 is 0 Å². The fraction of sp³-hybridized carbons (Fsp3) is 0.300. The largest absolute Gasteiger partial charge is 0.384 e. The van der Waals surface area contributed by atoms with Crippen LogP contribution in [0.5, 0.6) is 0 Å². The first-order valence-corrected chi connectivity index (χ1v) is 6.40. The number of hydrogen-bond acceptors (Lipinski definition) is 4. The molecule has 1 heterocycles. The number of aliphatic hydroxyl groups excluding tert-OH is 1. The summed E-state index contributed by atoms with van der Waals surface area (Å²) in [4.78, 5) is 3.96. The molecule has 6 nitrogen and oxygen atoms in total. The van der Waals surface area contributed by atoms with E-state index in [1.54, 1.807) is 19.1 Å². The maximum absolute atomic E-state index is 11.4. The molecular weight excluding hydrogens is 242 g/mol. The Morgan fingerprint density at radius 3 is 2.88 bits per heavy atom. The number of nitrogens with one attached hydrogen (secondary N) is 2. The summed E-state index contributed by atoms with van der Waals surface area (Å²) < 4.78 is 27.3. The number of nitrogens with zero attached hydrogens (tertiary/aromatic N) is 1. The van der Waals surface area contributed by atoms with Gasteiger partial charge in [0.05, 0.1) is 0 Å². The molecule has 0 radical (unpaired) electrons. The Bertz CT molecular complexity index is 531. The molecule has 0 aliphatic heterocycles. The lowest BCUT2D eigenvalue weighted by atomic mass is 10.3. The van der Waals surface area contributed by atoms with E-state index in [2.05, 4.69) is 26.3 Å². The van der Waals surface area contributed by atoms with E-state index < -0.39 is 10.2 Å². The van der Waals surface area contributed by atoms with Gasteiger partial charge in [0.1, 0.15) is 18.1 Å².